The number of carbonyl (C=O) groups excluding carboxylic acids is 2. The zero-order valence-corrected chi connectivity index (χ0v) is 20.6. The second kappa shape index (κ2) is 12.4. The SMILES string of the molecule is CCOC(=O)c1ccc(COC[C@H]2CCC(=O)N2c2ccc(COCc3ccc(OC)cc3)cc2)o1. The van der Waals surface area contributed by atoms with Crippen LogP contribution < -0.4 is 9.64 Å². The summed E-state index contributed by atoms with van der Waals surface area (Å²) in [5.41, 5.74) is 2.94. The predicted octanol–water partition coefficient (Wildman–Crippen LogP) is 4.89. The Kier molecular flexibility index (Phi) is 8.76. The summed E-state index contributed by atoms with van der Waals surface area (Å²) in [6, 6.07) is 18.8. The summed E-state index contributed by atoms with van der Waals surface area (Å²) >= 11 is 0. The summed E-state index contributed by atoms with van der Waals surface area (Å²) in [4.78, 5) is 26.1. The van der Waals surface area contributed by atoms with E-state index in [1.54, 1.807) is 31.1 Å². The van der Waals surface area contributed by atoms with Crippen molar-refractivity contribution in [2.75, 3.05) is 25.2 Å². The average Bonchev–Trinajstić information content (AvgIpc) is 3.52. The van der Waals surface area contributed by atoms with Gasteiger partial charge in [-0.05, 0) is 60.9 Å². The van der Waals surface area contributed by atoms with Crippen molar-refractivity contribution in [3.05, 3.63) is 83.3 Å². The molecule has 3 aromatic rings. The number of hydrogen-bond donors (Lipinski definition) is 0. The molecule has 190 valence electrons. The van der Waals surface area contributed by atoms with E-state index in [0.717, 1.165) is 29.0 Å². The number of methoxy groups -OCH3 is 1. The van der Waals surface area contributed by atoms with Gasteiger partial charge in [-0.15, -0.1) is 0 Å². The first-order valence-corrected chi connectivity index (χ1v) is 12.0. The van der Waals surface area contributed by atoms with Crippen LogP contribution in [0.4, 0.5) is 5.69 Å². The lowest BCUT2D eigenvalue weighted by molar-refractivity contribution is -0.117. The van der Waals surface area contributed by atoms with E-state index in [1.807, 2.05) is 48.5 Å². The Morgan fingerprint density at radius 2 is 1.64 bits per heavy atom. The lowest BCUT2D eigenvalue weighted by atomic mass is 10.2. The number of furan rings is 1. The van der Waals surface area contributed by atoms with Gasteiger partial charge in [-0.3, -0.25) is 4.79 Å². The third kappa shape index (κ3) is 6.53. The van der Waals surface area contributed by atoms with E-state index in [4.69, 9.17) is 23.4 Å². The molecule has 1 aliphatic rings. The summed E-state index contributed by atoms with van der Waals surface area (Å²) in [7, 11) is 1.64. The van der Waals surface area contributed by atoms with Gasteiger partial charge in [0.1, 0.15) is 18.1 Å². The van der Waals surface area contributed by atoms with Crippen molar-refractivity contribution in [3.63, 3.8) is 0 Å². The molecule has 4 rings (SSSR count). The van der Waals surface area contributed by atoms with Crippen LogP contribution in [-0.4, -0.2) is 38.2 Å². The fourth-order valence-electron chi connectivity index (χ4n) is 4.08. The number of hydrogen-bond acceptors (Lipinski definition) is 7. The fourth-order valence-corrected chi connectivity index (χ4v) is 4.08. The third-order valence-corrected chi connectivity index (χ3v) is 5.93. The van der Waals surface area contributed by atoms with E-state index in [2.05, 4.69) is 0 Å². The quantitative estimate of drug-likeness (QED) is 0.332. The molecule has 0 aliphatic carbocycles. The lowest BCUT2D eigenvalue weighted by Crippen LogP contribution is -2.36. The molecule has 0 radical (unpaired) electrons. The summed E-state index contributed by atoms with van der Waals surface area (Å²) < 4.78 is 27.2. The summed E-state index contributed by atoms with van der Waals surface area (Å²) in [5.74, 6) is 1.09. The van der Waals surface area contributed by atoms with Gasteiger partial charge in [0.05, 0.1) is 39.6 Å². The zero-order chi connectivity index (χ0) is 25.3. The van der Waals surface area contributed by atoms with Crippen LogP contribution in [0, 0.1) is 0 Å². The Hall–Kier alpha value is -3.62. The normalized spacial score (nSPS) is 15.3. The molecule has 1 atom stereocenters. The molecule has 2 heterocycles. The van der Waals surface area contributed by atoms with Gasteiger partial charge in [-0.2, -0.15) is 0 Å². The topological polar surface area (TPSA) is 87.4 Å². The molecular formula is C28H31NO7. The largest absolute Gasteiger partial charge is 0.497 e. The van der Waals surface area contributed by atoms with Crippen LogP contribution >= 0.6 is 0 Å². The number of carbonyl (C=O) groups is 2. The Morgan fingerprint density at radius 3 is 2.31 bits per heavy atom. The molecular weight excluding hydrogens is 462 g/mol. The van der Waals surface area contributed by atoms with E-state index in [-0.39, 0.29) is 30.9 Å². The van der Waals surface area contributed by atoms with Gasteiger partial charge in [0.25, 0.3) is 0 Å². The highest BCUT2D eigenvalue weighted by atomic mass is 16.5. The Bertz CT molecular complexity index is 1140. The van der Waals surface area contributed by atoms with Crippen LogP contribution in [0.25, 0.3) is 0 Å². The van der Waals surface area contributed by atoms with Crippen molar-refractivity contribution < 1.29 is 33.0 Å². The Labute approximate surface area is 210 Å². The van der Waals surface area contributed by atoms with Crippen LogP contribution in [0.2, 0.25) is 0 Å². The number of amides is 1. The smallest absolute Gasteiger partial charge is 0.374 e. The van der Waals surface area contributed by atoms with E-state index < -0.39 is 5.97 Å². The number of anilines is 1. The fraction of sp³-hybridized carbons (Fsp3) is 0.357. The minimum absolute atomic E-state index is 0.0610. The maximum atomic E-state index is 12.6. The van der Waals surface area contributed by atoms with Crippen molar-refractivity contribution in [1.82, 2.24) is 0 Å². The second-order valence-electron chi connectivity index (χ2n) is 8.47. The van der Waals surface area contributed by atoms with Gasteiger partial charge >= 0.3 is 5.97 Å². The maximum Gasteiger partial charge on any atom is 0.374 e. The van der Waals surface area contributed by atoms with E-state index in [9.17, 15) is 9.59 Å². The molecule has 0 bridgehead atoms. The highest BCUT2D eigenvalue weighted by Crippen LogP contribution is 2.28. The van der Waals surface area contributed by atoms with Gasteiger partial charge in [-0.25, -0.2) is 4.79 Å². The summed E-state index contributed by atoms with van der Waals surface area (Å²) in [6.07, 6.45) is 1.20. The van der Waals surface area contributed by atoms with Gasteiger partial charge < -0.3 is 28.3 Å². The number of rotatable bonds is 12. The van der Waals surface area contributed by atoms with Gasteiger partial charge in [-0.1, -0.05) is 24.3 Å². The van der Waals surface area contributed by atoms with Gasteiger partial charge in [0, 0.05) is 12.1 Å². The van der Waals surface area contributed by atoms with Crippen molar-refractivity contribution in [2.45, 2.75) is 45.6 Å². The minimum atomic E-state index is -0.495. The number of nitrogens with zero attached hydrogens (tertiary/aromatic N) is 1. The van der Waals surface area contributed by atoms with Crippen molar-refractivity contribution in [1.29, 1.82) is 0 Å². The molecule has 1 aliphatic heterocycles. The summed E-state index contributed by atoms with van der Waals surface area (Å²) in [6.45, 7) is 3.59. The number of benzene rings is 2. The van der Waals surface area contributed by atoms with E-state index >= 15 is 0 Å². The highest BCUT2D eigenvalue weighted by Gasteiger charge is 2.32. The van der Waals surface area contributed by atoms with Crippen molar-refractivity contribution in [3.8, 4) is 5.75 Å². The molecule has 0 spiro atoms. The molecule has 8 nitrogen and oxygen atoms in total. The number of ether oxygens (including phenoxy) is 4. The highest BCUT2D eigenvalue weighted by molar-refractivity contribution is 5.96. The molecule has 1 amide bonds. The zero-order valence-electron chi connectivity index (χ0n) is 20.6. The van der Waals surface area contributed by atoms with Crippen molar-refractivity contribution in [2.24, 2.45) is 0 Å². The average molecular weight is 494 g/mol. The predicted molar refractivity (Wildman–Crippen MR) is 133 cm³/mol. The van der Waals surface area contributed by atoms with Gasteiger partial charge in [0.15, 0.2) is 0 Å². The first-order chi connectivity index (χ1) is 17.6. The Balaban J connectivity index is 1.26. The van der Waals surface area contributed by atoms with Crippen LogP contribution in [0.3, 0.4) is 0 Å². The molecule has 1 aromatic heterocycles. The lowest BCUT2D eigenvalue weighted by Gasteiger charge is -2.25. The van der Waals surface area contributed by atoms with Gasteiger partial charge in [0.2, 0.25) is 11.7 Å². The molecule has 8 heteroatoms. The monoisotopic (exact) mass is 493 g/mol. The minimum Gasteiger partial charge on any atom is -0.497 e. The second-order valence-corrected chi connectivity index (χ2v) is 8.47. The summed E-state index contributed by atoms with van der Waals surface area (Å²) in [5, 5.41) is 0. The van der Waals surface area contributed by atoms with Crippen molar-refractivity contribution >= 4 is 17.6 Å². The molecule has 1 fully saturated rings. The molecule has 0 N–H and O–H groups in total. The molecule has 0 unspecified atom stereocenters. The van der Waals surface area contributed by atoms with Crippen LogP contribution in [0.5, 0.6) is 5.75 Å². The molecule has 1 saturated heterocycles. The van der Waals surface area contributed by atoms with E-state index in [1.165, 1.54) is 0 Å². The molecule has 2 aromatic carbocycles. The third-order valence-electron chi connectivity index (χ3n) is 5.93. The number of esters is 1. The van der Waals surface area contributed by atoms with Crippen LogP contribution in [-0.2, 0) is 38.8 Å². The molecule has 36 heavy (non-hydrogen) atoms. The van der Waals surface area contributed by atoms with E-state index in [0.29, 0.717) is 32.0 Å². The first kappa shape index (κ1) is 25.5. The first-order valence-electron chi connectivity index (χ1n) is 12.0. The maximum absolute atomic E-state index is 12.6. The Morgan fingerprint density at radius 1 is 0.944 bits per heavy atom. The van der Waals surface area contributed by atoms with Crippen LogP contribution in [0.15, 0.2) is 65.1 Å². The molecule has 0 saturated carbocycles. The standard InChI is InChI=1S/C28H31NO7/c1-3-35-28(31)26-14-13-25(36-26)19-34-18-23-10-15-27(30)29(23)22-8-4-20(5-9-22)16-33-17-21-6-11-24(32-2)12-7-21/h4-9,11-14,23H,3,10,15-19H2,1-2H3/t23-/m1/s1. The van der Waals surface area contributed by atoms with Crippen LogP contribution in [0.1, 0.15) is 47.2 Å².